The number of fused-ring (bicyclic) bond motifs is 2. The molecule has 0 aromatic carbocycles. The Balaban J connectivity index is 2.43. The molecule has 0 saturated heterocycles. The first-order chi connectivity index (χ1) is 7.57. The van der Waals surface area contributed by atoms with Crippen molar-refractivity contribution in [1.82, 2.24) is 0 Å². The number of hydrogen-bond acceptors (Lipinski definition) is 2. The molecule has 0 aromatic heterocycles. The molecule has 0 heterocycles. The first-order valence-corrected chi connectivity index (χ1v) is 6.74. The maximum absolute atomic E-state index is 14.0. The Morgan fingerprint density at radius 1 is 1.06 bits per heavy atom. The number of halogens is 4. The van der Waals surface area contributed by atoms with Crippen LogP contribution < -0.4 is 0 Å². The van der Waals surface area contributed by atoms with Crippen molar-refractivity contribution >= 4 is 10.1 Å². The fourth-order valence-electron chi connectivity index (χ4n) is 3.25. The quantitative estimate of drug-likeness (QED) is 0.623. The summed E-state index contributed by atoms with van der Waals surface area (Å²) in [6, 6.07) is 0. The Hall–Kier alpha value is -0.370. The fourth-order valence-corrected chi connectivity index (χ4v) is 4.21. The van der Waals surface area contributed by atoms with Crippen LogP contribution in [0.15, 0.2) is 0 Å². The van der Waals surface area contributed by atoms with Gasteiger partial charge in [-0.3, -0.25) is 4.55 Å². The Bertz CT molecular complexity index is 418. The largest absolute Gasteiger partial charge is 0.440 e. The maximum Gasteiger partial charge on any atom is 0.440 e. The monoisotopic (exact) mass is 276 g/mol. The molecular formula is C9H12F4O3S. The summed E-state index contributed by atoms with van der Waals surface area (Å²) in [7, 11) is -5.82. The van der Waals surface area contributed by atoms with E-state index in [1.165, 1.54) is 0 Å². The molecule has 2 saturated carbocycles. The molecule has 0 aliphatic heterocycles. The molecule has 17 heavy (non-hydrogen) atoms. The van der Waals surface area contributed by atoms with Gasteiger partial charge < -0.3 is 0 Å². The second kappa shape index (κ2) is 3.57. The molecule has 0 amide bonds. The zero-order valence-electron chi connectivity index (χ0n) is 8.74. The Morgan fingerprint density at radius 2 is 1.65 bits per heavy atom. The summed E-state index contributed by atoms with van der Waals surface area (Å²) < 4.78 is 82.3. The normalized spacial score (nSPS) is 37.1. The summed E-state index contributed by atoms with van der Waals surface area (Å²) in [4.78, 5) is 0. The molecule has 3 nitrogen and oxygen atoms in total. The Kier molecular flexibility index (Phi) is 2.74. The topological polar surface area (TPSA) is 54.4 Å². The molecule has 2 bridgehead atoms. The second-order valence-electron chi connectivity index (χ2n) is 4.90. The highest BCUT2D eigenvalue weighted by atomic mass is 32.2. The Labute approximate surface area is 95.9 Å². The first-order valence-electron chi connectivity index (χ1n) is 5.30. The molecule has 2 fully saturated rings. The summed E-state index contributed by atoms with van der Waals surface area (Å²) >= 11 is 0. The molecule has 0 aromatic rings. The van der Waals surface area contributed by atoms with Crippen molar-refractivity contribution in [1.29, 1.82) is 0 Å². The van der Waals surface area contributed by atoms with E-state index in [1.54, 1.807) is 0 Å². The first kappa shape index (κ1) is 13.1. The predicted molar refractivity (Wildman–Crippen MR) is 50.4 cm³/mol. The molecule has 2 rings (SSSR count). The van der Waals surface area contributed by atoms with Gasteiger partial charge in [-0.1, -0.05) is 6.42 Å². The van der Waals surface area contributed by atoms with E-state index >= 15 is 0 Å². The van der Waals surface area contributed by atoms with Crippen molar-refractivity contribution in [2.45, 2.75) is 36.9 Å². The van der Waals surface area contributed by atoms with Crippen molar-refractivity contribution in [2.75, 3.05) is 0 Å². The van der Waals surface area contributed by atoms with Crippen LogP contribution in [0.1, 0.15) is 25.7 Å². The summed E-state index contributed by atoms with van der Waals surface area (Å²) in [5, 5.41) is -4.51. The minimum Gasteiger partial charge on any atom is -0.283 e. The molecule has 2 aliphatic carbocycles. The van der Waals surface area contributed by atoms with Crippen LogP contribution in [0.5, 0.6) is 0 Å². The van der Waals surface area contributed by atoms with Crippen molar-refractivity contribution < 1.29 is 30.5 Å². The maximum atomic E-state index is 14.0. The van der Waals surface area contributed by atoms with E-state index in [0.29, 0.717) is 19.3 Å². The van der Waals surface area contributed by atoms with Crippen LogP contribution in [0, 0.1) is 17.8 Å². The standard InChI is InChI=1S/C9H12F4O3S/c10-8(9(11,12)13,17(14,15)16)7-4-5-1-2-6(7)3-5/h5-7H,1-4H2,(H,14,15,16). The lowest BCUT2D eigenvalue weighted by atomic mass is 9.84. The van der Waals surface area contributed by atoms with Crippen LogP contribution in [0.4, 0.5) is 17.6 Å². The summed E-state index contributed by atoms with van der Waals surface area (Å²) in [5.74, 6) is -2.32. The van der Waals surface area contributed by atoms with Crippen LogP contribution >= 0.6 is 0 Å². The van der Waals surface area contributed by atoms with E-state index < -0.39 is 33.1 Å². The third-order valence-electron chi connectivity index (χ3n) is 3.98. The fraction of sp³-hybridized carbons (Fsp3) is 1.00. The highest BCUT2D eigenvalue weighted by Crippen LogP contribution is 2.58. The highest BCUT2D eigenvalue weighted by Gasteiger charge is 2.72. The van der Waals surface area contributed by atoms with Crippen LogP contribution in [-0.4, -0.2) is 24.1 Å². The number of rotatable bonds is 2. The van der Waals surface area contributed by atoms with E-state index in [0.717, 1.165) is 0 Å². The van der Waals surface area contributed by atoms with Crippen LogP contribution in [0.25, 0.3) is 0 Å². The van der Waals surface area contributed by atoms with Crippen molar-refractivity contribution in [2.24, 2.45) is 17.8 Å². The van der Waals surface area contributed by atoms with Crippen LogP contribution in [0.2, 0.25) is 0 Å². The SMILES string of the molecule is O=S(=O)(O)C(F)(C1CC2CCC1C2)C(F)(F)F. The van der Waals surface area contributed by atoms with Gasteiger partial charge in [0.05, 0.1) is 0 Å². The minimum absolute atomic E-state index is 0.0516. The Morgan fingerprint density at radius 3 is 1.94 bits per heavy atom. The third kappa shape index (κ3) is 1.76. The van der Waals surface area contributed by atoms with Crippen molar-refractivity contribution in [3.63, 3.8) is 0 Å². The van der Waals surface area contributed by atoms with E-state index in [9.17, 15) is 26.0 Å². The lowest BCUT2D eigenvalue weighted by Gasteiger charge is -2.34. The van der Waals surface area contributed by atoms with E-state index in [-0.39, 0.29) is 12.3 Å². The lowest BCUT2D eigenvalue weighted by molar-refractivity contribution is -0.220. The van der Waals surface area contributed by atoms with Gasteiger partial charge in [0.1, 0.15) is 0 Å². The van der Waals surface area contributed by atoms with Crippen LogP contribution in [-0.2, 0) is 10.1 Å². The van der Waals surface area contributed by atoms with Crippen molar-refractivity contribution in [3.8, 4) is 0 Å². The molecule has 4 atom stereocenters. The van der Waals surface area contributed by atoms with Gasteiger partial charge >= 0.3 is 21.3 Å². The predicted octanol–water partition coefficient (Wildman–Crippen LogP) is 2.54. The zero-order chi connectivity index (χ0) is 13.1. The van der Waals surface area contributed by atoms with Gasteiger partial charge in [0.2, 0.25) is 0 Å². The van der Waals surface area contributed by atoms with Gasteiger partial charge in [0.25, 0.3) is 0 Å². The van der Waals surface area contributed by atoms with Gasteiger partial charge in [0, 0.05) is 5.92 Å². The van der Waals surface area contributed by atoms with E-state index in [1.807, 2.05) is 0 Å². The van der Waals surface area contributed by atoms with Crippen molar-refractivity contribution in [3.05, 3.63) is 0 Å². The molecular weight excluding hydrogens is 264 g/mol. The zero-order valence-corrected chi connectivity index (χ0v) is 9.56. The molecule has 2 aliphatic rings. The molecule has 0 radical (unpaired) electrons. The van der Waals surface area contributed by atoms with Gasteiger partial charge in [-0.2, -0.15) is 21.6 Å². The smallest absolute Gasteiger partial charge is 0.283 e. The molecule has 8 heteroatoms. The van der Waals surface area contributed by atoms with Gasteiger partial charge in [-0.15, -0.1) is 0 Å². The summed E-state index contributed by atoms with van der Waals surface area (Å²) in [6.45, 7) is 0. The molecule has 4 unspecified atom stereocenters. The molecule has 0 spiro atoms. The van der Waals surface area contributed by atoms with Gasteiger partial charge in [0.15, 0.2) is 0 Å². The van der Waals surface area contributed by atoms with Gasteiger partial charge in [-0.25, -0.2) is 4.39 Å². The van der Waals surface area contributed by atoms with E-state index in [2.05, 4.69) is 0 Å². The number of hydrogen-bond donors (Lipinski definition) is 1. The van der Waals surface area contributed by atoms with E-state index in [4.69, 9.17) is 4.55 Å². The summed E-state index contributed by atoms with van der Waals surface area (Å²) in [5.41, 5.74) is 0. The molecule has 1 N–H and O–H groups in total. The van der Waals surface area contributed by atoms with Gasteiger partial charge in [-0.05, 0) is 31.1 Å². The number of alkyl halides is 4. The average Bonchev–Trinajstić information content (AvgIpc) is 2.73. The lowest BCUT2D eigenvalue weighted by Crippen LogP contribution is -2.54. The van der Waals surface area contributed by atoms with Crippen LogP contribution in [0.3, 0.4) is 0 Å². The molecule has 100 valence electrons. The average molecular weight is 276 g/mol. The summed E-state index contributed by atoms with van der Waals surface area (Å²) in [6.07, 6.45) is -4.20. The second-order valence-corrected chi connectivity index (χ2v) is 6.44. The highest BCUT2D eigenvalue weighted by molar-refractivity contribution is 7.87. The third-order valence-corrected chi connectivity index (χ3v) is 5.26. The minimum atomic E-state index is -5.82.